The van der Waals surface area contributed by atoms with Crippen molar-refractivity contribution >= 4 is 29.0 Å². The molecule has 1 heterocycles. The van der Waals surface area contributed by atoms with Gasteiger partial charge >= 0.3 is 0 Å². The first-order valence-electron chi connectivity index (χ1n) is 10.5. The smallest absolute Gasteiger partial charge is 0.237 e. The van der Waals surface area contributed by atoms with Gasteiger partial charge in [-0.15, -0.1) is 10.2 Å². The van der Waals surface area contributed by atoms with Crippen LogP contribution in [0.25, 0.3) is 5.69 Å². The van der Waals surface area contributed by atoms with E-state index < -0.39 is 5.25 Å². The fourth-order valence-corrected chi connectivity index (χ4v) is 4.07. The van der Waals surface area contributed by atoms with Gasteiger partial charge in [-0.2, -0.15) is 0 Å². The molecule has 0 radical (unpaired) electrons. The van der Waals surface area contributed by atoms with Crippen molar-refractivity contribution in [3.05, 3.63) is 90.3 Å². The summed E-state index contributed by atoms with van der Waals surface area (Å²) >= 11 is 1.34. The molecule has 3 aromatic carbocycles. The quantitative estimate of drug-likeness (QED) is 0.289. The lowest BCUT2D eigenvalue weighted by atomic mass is 10.2. The van der Waals surface area contributed by atoms with Crippen LogP contribution in [0.3, 0.4) is 0 Å². The molecule has 0 spiro atoms. The monoisotopic (exact) mass is 459 g/mol. The number of carbonyl (C=O) groups excluding carboxylic acids is 1. The number of nitrogens with zero attached hydrogens (tertiary/aromatic N) is 3. The van der Waals surface area contributed by atoms with Crippen molar-refractivity contribution in [3.63, 3.8) is 0 Å². The lowest BCUT2D eigenvalue weighted by Gasteiger charge is -2.14. The van der Waals surface area contributed by atoms with Gasteiger partial charge in [0.25, 0.3) is 0 Å². The van der Waals surface area contributed by atoms with Gasteiger partial charge in [0.15, 0.2) is 11.0 Å². The Hall–Kier alpha value is -3.78. The predicted octanol–water partition coefficient (Wildman–Crippen LogP) is 4.86. The Morgan fingerprint density at radius 2 is 1.82 bits per heavy atom. The van der Waals surface area contributed by atoms with Crippen molar-refractivity contribution in [2.24, 2.45) is 0 Å². The van der Waals surface area contributed by atoms with E-state index in [1.54, 1.807) is 24.3 Å². The standard InChI is InChI=1S/C25H25N5O2S/c1-17-7-6-10-22(15-17)32-16-23-28-29-25(30(23)21-8-4-3-5-9-21)33-18(2)24(31)27-20-13-11-19(26)12-14-20/h3-15,18H,16,26H2,1-2H3,(H,27,31)/t18-/m1/s1. The minimum atomic E-state index is -0.403. The lowest BCUT2D eigenvalue weighted by molar-refractivity contribution is -0.115. The van der Waals surface area contributed by atoms with Gasteiger partial charge in [-0.05, 0) is 67.9 Å². The van der Waals surface area contributed by atoms with E-state index >= 15 is 0 Å². The first-order valence-corrected chi connectivity index (χ1v) is 11.4. The number of rotatable bonds is 8. The molecule has 0 saturated heterocycles. The third-order valence-electron chi connectivity index (χ3n) is 4.90. The second-order valence-electron chi connectivity index (χ2n) is 7.55. The Morgan fingerprint density at radius 3 is 2.55 bits per heavy atom. The summed E-state index contributed by atoms with van der Waals surface area (Å²) in [5.74, 6) is 1.28. The van der Waals surface area contributed by atoms with E-state index in [9.17, 15) is 4.79 Å². The number of hydrogen-bond donors (Lipinski definition) is 2. The van der Waals surface area contributed by atoms with Crippen LogP contribution in [0, 0.1) is 6.92 Å². The summed E-state index contributed by atoms with van der Waals surface area (Å²) in [6.07, 6.45) is 0. The van der Waals surface area contributed by atoms with Crippen molar-refractivity contribution in [2.75, 3.05) is 11.1 Å². The molecule has 0 aliphatic heterocycles. The number of nitrogen functional groups attached to an aromatic ring is 1. The minimum absolute atomic E-state index is 0.134. The lowest BCUT2D eigenvalue weighted by Crippen LogP contribution is -2.23. The van der Waals surface area contributed by atoms with Crippen LogP contribution in [0.4, 0.5) is 11.4 Å². The van der Waals surface area contributed by atoms with Crippen LogP contribution in [0.15, 0.2) is 84.0 Å². The van der Waals surface area contributed by atoms with Gasteiger partial charge in [-0.1, -0.05) is 42.1 Å². The van der Waals surface area contributed by atoms with Gasteiger partial charge in [-0.25, -0.2) is 0 Å². The van der Waals surface area contributed by atoms with Crippen molar-refractivity contribution in [1.29, 1.82) is 0 Å². The highest BCUT2D eigenvalue weighted by Gasteiger charge is 2.21. The van der Waals surface area contributed by atoms with Gasteiger partial charge in [-0.3, -0.25) is 9.36 Å². The van der Waals surface area contributed by atoms with Crippen molar-refractivity contribution in [1.82, 2.24) is 14.8 Å². The largest absolute Gasteiger partial charge is 0.486 e. The normalized spacial score (nSPS) is 11.7. The zero-order valence-corrected chi connectivity index (χ0v) is 19.3. The molecule has 0 aliphatic rings. The molecular weight excluding hydrogens is 434 g/mol. The number of aryl methyl sites for hydroxylation is 1. The minimum Gasteiger partial charge on any atom is -0.486 e. The second kappa shape index (κ2) is 10.2. The summed E-state index contributed by atoms with van der Waals surface area (Å²) in [5, 5.41) is 11.8. The topological polar surface area (TPSA) is 95.1 Å². The number of aromatic nitrogens is 3. The number of para-hydroxylation sites is 1. The number of carbonyl (C=O) groups is 1. The third-order valence-corrected chi connectivity index (χ3v) is 5.94. The Kier molecular flexibility index (Phi) is 6.95. The molecule has 3 N–H and O–H groups in total. The SMILES string of the molecule is Cc1cccc(OCc2nnc(S[C@H](C)C(=O)Nc3ccc(N)cc3)n2-c2ccccc2)c1. The summed E-state index contributed by atoms with van der Waals surface area (Å²) in [6, 6.07) is 24.7. The molecule has 1 aromatic heterocycles. The molecule has 0 fully saturated rings. The van der Waals surface area contributed by atoms with Crippen LogP contribution in [0.1, 0.15) is 18.3 Å². The summed E-state index contributed by atoms with van der Waals surface area (Å²) in [6.45, 7) is 4.10. The Labute approximate surface area is 197 Å². The van der Waals surface area contributed by atoms with Crippen LogP contribution < -0.4 is 15.8 Å². The van der Waals surface area contributed by atoms with Crippen LogP contribution in [-0.2, 0) is 11.4 Å². The van der Waals surface area contributed by atoms with E-state index in [4.69, 9.17) is 10.5 Å². The number of thioether (sulfide) groups is 1. The van der Waals surface area contributed by atoms with Crippen LogP contribution in [0.5, 0.6) is 5.75 Å². The number of ether oxygens (including phenoxy) is 1. The zero-order valence-electron chi connectivity index (χ0n) is 18.4. The molecule has 7 nitrogen and oxygen atoms in total. The zero-order chi connectivity index (χ0) is 23.2. The Morgan fingerprint density at radius 1 is 1.06 bits per heavy atom. The van der Waals surface area contributed by atoms with Gasteiger partial charge in [0.1, 0.15) is 12.4 Å². The fraction of sp³-hybridized carbons (Fsp3) is 0.160. The molecule has 33 heavy (non-hydrogen) atoms. The molecule has 1 amide bonds. The van der Waals surface area contributed by atoms with Gasteiger partial charge in [0, 0.05) is 17.1 Å². The summed E-state index contributed by atoms with van der Waals surface area (Å²) in [7, 11) is 0. The second-order valence-corrected chi connectivity index (χ2v) is 8.85. The van der Waals surface area contributed by atoms with Crippen LogP contribution >= 0.6 is 11.8 Å². The van der Waals surface area contributed by atoms with E-state index in [0.29, 0.717) is 22.4 Å². The predicted molar refractivity (Wildman–Crippen MR) is 132 cm³/mol. The molecule has 8 heteroatoms. The number of hydrogen-bond acceptors (Lipinski definition) is 6. The van der Waals surface area contributed by atoms with E-state index in [0.717, 1.165) is 17.0 Å². The highest BCUT2D eigenvalue weighted by atomic mass is 32.2. The Balaban J connectivity index is 1.53. The molecule has 0 bridgehead atoms. The van der Waals surface area contributed by atoms with Crippen molar-refractivity contribution in [3.8, 4) is 11.4 Å². The summed E-state index contributed by atoms with van der Waals surface area (Å²) in [5.41, 5.74) is 9.08. The molecule has 0 aliphatic carbocycles. The summed E-state index contributed by atoms with van der Waals surface area (Å²) < 4.78 is 7.89. The molecular formula is C25H25N5O2S. The summed E-state index contributed by atoms with van der Waals surface area (Å²) in [4.78, 5) is 12.8. The number of anilines is 2. The molecule has 4 rings (SSSR count). The number of benzene rings is 3. The average Bonchev–Trinajstić information content (AvgIpc) is 3.22. The molecule has 0 saturated carbocycles. The molecule has 1 atom stereocenters. The highest BCUT2D eigenvalue weighted by molar-refractivity contribution is 8.00. The number of nitrogens with one attached hydrogen (secondary N) is 1. The van der Waals surface area contributed by atoms with E-state index in [1.807, 2.05) is 73.0 Å². The van der Waals surface area contributed by atoms with Gasteiger partial charge in [0.05, 0.1) is 5.25 Å². The average molecular weight is 460 g/mol. The maximum Gasteiger partial charge on any atom is 0.237 e. The van der Waals surface area contributed by atoms with Crippen molar-refractivity contribution < 1.29 is 9.53 Å². The maximum absolute atomic E-state index is 12.8. The van der Waals surface area contributed by atoms with Crippen molar-refractivity contribution in [2.45, 2.75) is 30.9 Å². The van der Waals surface area contributed by atoms with E-state index in [-0.39, 0.29) is 12.5 Å². The van der Waals surface area contributed by atoms with Gasteiger partial charge < -0.3 is 15.8 Å². The fourth-order valence-electron chi connectivity index (χ4n) is 3.18. The highest BCUT2D eigenvalue weighted by Crippen LogP contribution is 2.27. The van der Waals surface area contributed by atoms with E-state index in [1.165, 1.54) is 11.8 Å². The van der Waals surface area contributed by atoms with Crippen LogP contribution in [-0.4, -0.2) is 25.9 Å². The number of amides is 1. The van der Waals surface area contributed by atoms with Crippen LogP contribution in [0.2, 0.25) is 0 Å². The van der Waals surface area contributed by atoms with Gasteiger partial charge in [0.2, 0.25) is 5.91 Å². The molecule has 168 valence electrons. The number of nitrogens with two attached hydrogens (primary N) is 1. The third kappa shape index (κ3) is 5.72. The Bertz CT molecular complexity index is 1230. The molecule has 0 unspecified atom stereocenters. The van der Waals surface area contributed by atoms with E-state index in [2.05, 4.69) is 15.5 Å². The first-order chi connectivity index (χ1) is 16.0. The molecule has 4 aromatic rings. The first kappa shape index (κ1) is 22.4. The maximum atomic E-state index is 12.8.